The Labute approximate surface area is 160 Å². The molecule has 1 atom stereocenters. The van der Waals surface area contributed by atoms with E-state index in [2.05, 4.69) is 20.0 Å². The van der Waals surface area contributed by atoms with E-state index in [1.54, 1.807) is 32.3 Å². The van der Waals surface area contributed by atoms with Crippen LogP contribution in [-0.2, 0) is 5.54 Å². The molecule has 1 aliphatic rings. The van der Waals surface area contributed by atoms with E-state index in [0.29, 0.717) is 28.5 Å². The summed E-state index contributed by atoms with van der Waals surface area (Å²) in [5.41, 5.74) is 8.70. The maximum atomic E-state index is 11.3. The Bertz CT molecular complexity index is 928. The van der Waals surface area contributed by atoms with Crippen molar-refractivity contribution in [3.63, 3.8) is 0 Å². The van der Waals surface area contributed by atoms with Crippen LogP contribution in [0.3, 0.4) is 0 Å². The molecule has 0 spiro atoms. The van der Waals surface area contributed by atoms with Gasteiger partial charge >= 0.3 is 6.09 Å². The first kappa shape index (κ1) is 19.0. The van der Waals surface area contributed by atoms with Crippen molar-refractivity contribution in [2.75, 3.05) is 13.2 Å². The van der Waals surface area contributed by atoms with Gasteiger partial charge in [0.2, 0.25) is 5.88 Å². The molecular weight excluding hydrogens is 372 g/mol. The number of nitrogens with zero attached hydrogens (tertiary/aromatic N) is 6. The maximum absolute atomic E-state index is 11.3. The van der Waals surface area contributed by atoms with Crippen molar-refractivity contribution in [3.05, 3.63) is 39.6 Å². The van der Waals surface area contributed by atoms with Crippen LogP contribution in [0.1, 0.15) is 32.3 Å². The molecule has 2 aromatic heterocycles. The third-order valence-corrected chi connectivity index (χ3v) is 4.90. The van der Waals surface area contributed by atoms with Gasteiger partial charge in [-0.05, 0) is 35.4 Å². The van der Waals surface area contributed by atoms with Crippen molar-refractivity contribution in [1.29, 1.82) is 0 Å². The van der Waals surface area contributed by atoms with Crippen LogP contribution in [0.15, 0.2) is 23.6 Å². The van der Waals surface area contributed by atoms with Crippen LogP contribution in [0, 0.1) is 0 Å². The Morgan fingerprint density at radius 1 is 1.48 bits per heavy atom. The van der Waals surface area contributed by atoms with Crippen LogP contribution in [-0.4, -0.2) is 45.3 Å². The molecule has 9 nitrogen and oxygen atoms in total. The third-order valence-electron chi connectivity index (χ3n) is 4.69. The first-order chi connectivity index (χ1) is 12.8. The molecule has 1 amide bonds. The fourth-order valence-electron chi connectivity index (χ4n) is 3.29. The average Bonchev–Trinajstić information content (AvgIpc) is 3.08. The zero-order valence-corrected chi connectivity index (χ0v) is 15.7. The summed E-state index contributed by atoms with van der Waals surface area (Å²) in [6.07, 6.45) is 3.76. The van der Waals surface area contributed by atoms with Gasteiger partial charge in [-0.15, -0.1) is 0 Å². The van der Waals surface area contributed by atoms with E-state index in [9.17, 15) is 9.90 Å². The molecule has 0 saturated carbocycles. The number of hydrogen-bond acceptors (Lipinski definition) is 5. The molecule has 1 unspecified atom stereocenters. The molecular formula is C17H19ClN6O3. The number of halogens is 1. The van der Waals surface area contributed by atoms with Crippen molar-refractivity contribution < 1.29 is 14.6 Å². The third kappa shape index (κ3) is 3.84. The van der Waals surface area contributed by atoms with E-state index in [1.807, 2.05) is 0 Å². The van der Waals surface area contributed by atoms with E-state index in [1.165, 1.54) is 4.90 Å². The van der Waals surface area contributed by atoms with Crippen molar-refractivity contribution in [2.45, 2.75) is 38.3 Å². The second-order valence-electron chi connectivity index (χ2n) is 6.86. The summed E-state index contributed by atoms with van der Waals surface area (Å²) >= 11 is 6.06. The number of rotatable bonds is 5. The molecule has 27 heavy (non-hydrogen) atoms. The van der Waals surface area contributed by atoms with Crippen LogP contribution >= 0.6 is 11.6 Å². The summed E-state index contributed by atoms with van der Waals surface area (Å²) in [5, 5.41) is 14.7. The number of ether oxygens (including phenoxy) is 1. The SMILES string of the molecule is CC(C)(N=[N+]=[N-])c1cnc(OCC2CCCN2C(=O)O)c2cnc(Cl)cc12. The van der Waals surface area contributed by atoms with Crippen LogP contribution in [0.25, 0.3) is 21.2 Å². The molecule has 10 heteroatoms. The standard InChI is InChI=1S/C17H19ClN6O3/c1-17(2,22-23-19)13-8-21-15(12-7-20-14(18)6-11(12)13)27-9-10-4-3-5-24(10)16(25)26/h6-8,10H,3-5,9H2,1-2H3,(H,25,26). The van der Waals surface area contributed by atoms with E-state index in [0.717, 1.165) is 18.2 Å². The Kier molecular flexibility index (Phi) is 5.25. The smallest absolute Gasteiger partial charge is 0.407 e. The molecule has 3 heterocycles. The zero-order chi connectivity index (χ0) is 19.6. The lowest BCUT2D eigenvalue weighted by molar-refractivity contribution is 0.122. The quantitative estimate of drug-likeness (QED) is 0.351. The monoisotopic (exact) mass is 390 g/mol. The van der Waals surface area contributed by atoms with Crippen LogP contribution in [0.2, 0.25) is 5.15 Å². The van der Waals surface area contributed by atoms with Gasteiger partial charge in [0.1, 0.15) is 11.8 Å². The highest BCUT2D eigenvalue weighted by Gasteiger charge is 2.29. The first-order valence-electron chi connectivity index (χ1n) is 8.47. The van der Waals surface area contributed by atoms with Crippen molar-refractivity contribution in [2.24, 2.45) is 5.11 Å². The van der Waals surface area contributed by atoms with Gasteiger partial charge < -0.3 is 14.7 Å². The summed E-state index contributed by atoms with van der Waals surface area (Å²) in [5.74, 6) is 0.340. The number of amides is 1. The summed E-state index contributed by atoms with van der Waals surface area (Å²) in [4.78, 5) is 24.0. The highest BCUT2D eigenvalue weighted by molar-refractivity contribution is 6.30. The van der Waals surface area contributed by atoms with Gasteiger partial charge in [0.05, 0.1) is 17.0 Å². The number of azide groups is 1. The second kappa shape index (κ2) is 7.46. The van der Waals surface area contributed by atoms with Crippen LogP contribution in [0.4, 0.5) is 4.79 Å². The normalized spacial score (nSPS) is 17.0. The maximum Gasteiger partial charge on any atom is 0.407 e. The van der Waals surface area contributed by atoms with E-state index in [4.69, 9.17) is 21.9 Å². The Morgan fingerprint density at radius 3 is 2.96 bits per heavy atom. The topological polar surface area (TPSA) is 124 Å². The number of pyridine rings is 2. The van der Waals surface area contributed by atoms with Crippen molar-refractivity contribution >= 4 is 28.5 Å². The minimum atomic E-state index is -0.946. The van der Waals surface area contributed by atoms with E-state index < -0.39 is 11.6 Å². The lowest BCUT2D eigenvalue weighted by atomic mass is 9.93. The summed E-state index contributed by atoms with van der Waals surface area (Å²) in [6.45, 7) is 4.27. The second-order valence-corrected chi connectivity index (χ2v) is 7.25. The molecule has 3 rings (SSSR count). The predicted octanol–water partition coefficient (Wildman–Crippen LogP) is 4.35. The minimum absolute atomic E-state index is 0.204. The number of hydrogen-bond donors (Lipinski definition) is 1. The molecule has 1 fully saturated rings. The molecule has 1 N–H and O–H groups in total. The van der Waals surface area contributed by atoms with Crippen molar-refractivity contribution in [1.82, 2.24) is 14.9 Å². The lowest BCUT2D eigenvalue weighted by Gasteiger charge is -2.23. The number of likely N-dealkylation sites (tertiary alicyclic amines) is 1. The first-order valence-corrected chi connectivity index (χ1v) is 8.84. The summed E-state index contributed by atoms with van der Waals surface area (Å²) < 4.78 is 5.85. The molecule has 0 aromatic carbocycles. The van der Waals surface area contributed by atoms with Gasteiger partial charge in [-0.1, -0.05) is 30.6 Å². The summed E-state index contributed by atoms with van der Waals surface area (Å²) in [7, 11) is 0. The fraction of sp³-hybridized carbons (Fsp3) is 0.471. The molecule has 0 radical (unpaired) electrons. The molecule has 2 aromatic rings. The van der Waals surface area contributed by atoms with Crippen molar-refractivity contribution in [3.8, 4) is 5.88 Å². The largest absolute Gasteiger partial charge is 0.475 e. The average molecular weight is 391 g/mol. The van der Waals surface area contributed by atoms with Gasteiger partial charge in [-0.25, -0.2) is 14.8 Å². The molecule has 1 saturated heterocycles. The fourth-order valence-corrected chi connectivity index (χ4v) is 3.45. The number of carbonyl (C=O) groups is 1. The highest BCUT2D eigenvalue weighted by Crippen LogP contribution is 2.35. The van der Waals surface area contributed by atoms with E-state index in [-0.39, 0.29) is 12.6 Å². The van der Waals surface area contributed by atoms with Gasteiger partial charge in [0.25, 0.3) is 0 Å². The minimum Gasteiger partial charge on any atom is -0.475 e. The Hall–Kier alpha value is -2.77. The Balaban J connectivity index is 1.96. The van der Waals surface area contributed by atoms with Gasteiger partial charge in [-0.3, -0.25) is 0 Å². The van der Waals surface area contributed by atoms with Gasteiger partial charge in [0, 0.05) is 23.9 Å². The summed E-state index contributed by atoms with van der Waals surface area (Å²) in [6, 6.07) is 1.47. The molecule has 1 aliphatic heterocycles. The molecule has 0 bridgehead atoms. The Morgan fingerprint density at radius 2 is 2.26 bits per heavy atom. The highest BCUT2D eigenvalue weighted by atomic mass is 35.5. The predicted molar refractivity (Wildman–Crippen MR) is 100.0 cm³/mol. The zero-order valence-electron chi connectivity index (χ0n) is 15.0. The van der Waals surface area contributed by atoms with Gasteiger partial charge in [0.15, 0.2) is 0 Å². The lowest BCUT2D eigenvalue weighted by Crippen LogP contribution is -2.38. The molecule has 0 aliphatic carbocycles. The van der Waals surface area contributed by atoms with E-state index >= 15 is 0 Å². The van der Waals surface area contributed by atoms with Gasteiger partial charge in [-0.2, -0.15) is 0 Å². The number of fused-ring (bicyclic) bond motifs is 1. The van der Waals surface area contributed by atoms with Crippen LogP contribution in [0.5, 0.6) is 5.88 Å². The molecule has 142 valence electrons. The van der Waals surface area contributed by atoms with Crippen LogP contribution < -0.4 is 4.74 Å². The number of carboxylic acid groups (broad SMARTS) is 1. The number of aromatic nitrogens is 2.